The highest BCUT2D eigenvalue weighted by Crippen LogP contribution is 2.31. The molecule has 2 aromatic heterocycles. The Kier molecular flexibility index (Phi) is 3.54. The van der Waals surface area contributed by atoms with Crippen molar-refractivity contribution in [2.24, 2.45) is 0 Å². The number of methoxy groups -OCH3 is 1. The predicted molar refractivity (Wildman–Crippen MR) is 67.9 cm³/mol. The zero-order valence-corrected chi connectivity index (χ0v) is 11.2. The number of thiophene rings is 1. The molecule has 0 amide bonds. The summed E-state index contributed by atoms with van der Waals surface area (Å²) >= 11 is 1.62. The Morgan fingerprint density at radius 1 is 1.44 bits per heavy atom. The van der Waals surface area contributed by atoms with Crippen molar-refractivity contribution in [2.45, 2.75) is 20.0 Å². The molecule has 0 aromatic carbocycles. The van der Waals surface area contributed by atoms with Gasteiger partial charge in [0.15, 0.2) is 0 Å². The van der Waals surface area contributed by atoms with E-state index >= 15 is 0 Å². The summed E-state index contributed by atoms with van der Waals surface area (Å²) < 4.78 is 9.85. The van der Waals surface area contributed by atoms with Crippen molar-refractivity contribution in [1.82, 2.24) is 0 Å². The van der Waals surface area contributed by atoms with Gasteiger partial charge in [-0.1, -0.05) is 0 Å². The third-order valence-corrected chi connectivity index (χ3v) is 3.64. The molecule has 0 radical (unpaired) electrons. The molecule has 0 bridgehead atoms. The topological polar surface area (TPSA) is 59.7 Å². The van der Waals surface area contributed by atoms with Crippen LogP contribution in [0.2, 0.25) is 0 Å². The largest absolute Gasteiger partial charge is 0.463 e. The van der Waals surface area contributed by atoms with Crippen molar-refractivity contribution in [2.75, 3.05) is 7.11 Å². The summed E-state index contributed by atoms with van der Waals surface area (Å²) in [4.78, 5) is 13.4. The first kappa shape index (κ1) is 12.9. The van der Waals surface area contributed by atoms with Gasteiger partial charge in [0.2, 0.25) is 5.76 Å². The summed E-state index contributed by atoms with van der Waals surface area (Å²) in [6, 6.07) is 5.01. The lowest BCUT2D eigenvalue weighted by Gasteiger charge is -2.06. The molecule has 1 atom stereocenters. The number of furan rings is 1. The number of hydrogen-bond donors (Lipinski definition) is 1. The fraction of sp³-hybridized carbons (Fsp3) is 0.308. The minimum atomic E-state index is -0.853. The van der Waals surface area contributed by atoms with Crippen LogP contribution >= 0.6 is 11.3 Å². The van der Waals surface area contributed by atoms with Gasteiger partial charge in [0, 0.05) is 15.3 Å². The summed E-state index contributed by atoms with van der Waals surface area (Å²) in [5, 5.41) is 10.2. The minimum Gasteiger partial charge on any atom is -0.463 e. The molecular formula is C13H14O4S. The maximum atomic E-state index is 11.3. The van der Waals surface area contributed by atoms with E-state index < -0.39 is 12.1 Å². The molecule has 4 nitrogen and oxygen atoms in total. The number of esters is 1. The van der Waals surface area contributed by atoms with Gasteiger partial charge in [-0.3, -0.25) is 0 Å². The zero-order valence-electron chi connectivity index (χ0n) is 10.4. The number of aliphatic hydroxyl groups excluding tert-OH is 1. The molecule has 5 heteroatoms. The smallest absolute Gasteiger partial charge is 0.373 e. The van der Waals surface area contributed by atoms with Crippen LogP contribution in [0.5, 0.6) is 0 Å². The Hall–Kier alpha value is -1.59. The summed E-state index contributed by atoms with van der Waals surface area (Å²) in [5.41, 5.74) is 0.809. The van der Waals surface area contributed by atoms with Crippen molar-refractivity contribution >= 4 is 17.3 Å². The van der Waals surface area contributed by atoms with Crippen molar-refractivity contribution in [3.63, 3.8) is 0 Å². The highest BCUT2D eigenvalue weighted by molar-refractivity contribution is 7.12. The number of hydrogen-bond acceptors (Lipinski definition) is 5. The molecule has 18 heavy (non-hydrogen) atoms. The number of carbonyl (C=O) groups is 1. The van der Waals surface area contributed by atoms with Gasteiger partial charge in [-0.25, -0.2) is 4.79 Å². The summed E-state index contributed by atoms with van der Waals surface area (Å²) in [6.45, 7) is 3.93. The van der Waals surface area contributed by atoms with Crippen LogP contribution in [-0.2, 0) is 4.74 Å². The molecule has 2 rings (SSSR count). The lowest BCUT2D eigenvalue weighted by molar-refractivity contribution is 0.0558. The number of aryl methyl sites for hydroxylation is 2. The Morgan fingerprint density at radius 3 is 2.72 bits per heavy atom. The molecule has 1 N–H and O–H groups in total. The van der Waals surface area contributed by atoms with Gasteiger partial charge in [0.1, 0.15) is 11.9 Å². The second kappa shape index (κ2) is 4.96. The third kappa shape index (κ3) is 2.32. The molecule has 0 aliphatic rings. The molecule has 96 valence electrons. The van der Waals surface area contributed by atoms with Crippen LogP contribution in [0.1, 0.15) is 37.7 Å². The van der Waals surface area contributed by atoms with Crippen LogP contribution < -0.4 is 0 Å². The average molecular weight is 266 g/mol. The summed E-state index contributed by atoms with van der Waals surface area (Å²) in [5.74, 6) is -0.112. The van der Waals surface area contributed by atoms with E-state index in [9.17, 15) is 9.90 Å². The Balaban J connectivity index is 2.29. The van der Waals surface area contributed by atoms with E-state index in [-0.39, 0.29) is 5.76 Å². The van der Waals surface area contributed by atoms with E-state index in [1.807, 2.05) is 19.9 Å². The molecule has 0 aliphatic carbocycles. The van der Waals surface area contributed by atoms with Gasteiger partial charge >= 0.3 is 5.97 Å². The van der Waals surface area contributed by atoms with Gasteiger partial charge < -0.3 is 14.3 Å². The Labute approximate surface area is 109 Å². The quantitative estimate of drug-likeness (QED) is 0.868. The zero-order chi connectivity index (χ0) is 13.3. The molecule has 0 fully saturated rings. The summed E-state index contributed by atoms with van der Waals surface area (Å²) in [7, 11) is 1.29. The van der Waals surface area contributed by atoms with E-state index in [2.05, 4.69) is 4.74 Å². The highest BCUT2D eigenvalue weighted by atomic mass is 32.1. The molecule has 2 heterocycles. The SMILES string of the molecule is COC(=O)c1ccc(C(O)c2cc(C)sc2C)o1. The number of carbonyl (C=O) groups excluding carboxylic acids is 1. The second-order valence-corrected chi connectivity index (χ2v) is 5.43. The van der Waals surface area contributed by atoms with E-state index in [0.717, 1.165) is 15.3 Å². The minimum absolute atomic E-state index is 0.0937. The molecule has 2 aromatic rings. The van der Waals surface area contributed by atoms with Crippen molar-refractivity contribution in [3.05, 3.63) is 45.0 Å². The first-order valence-electron chi connectivity index (χ1n) is 5.46. The van der Waals surface area contributed by atoms with E-state index in [4.69, 9.17) is 4.42 Å². The van der Waals surface area contributed by atoms with Gasteiger partial charge in [-0.2, -0.15) is 0 Å². The molecule has 0 saturated heterocycles. The van der Waals surface area contributed by atoms with Crippen LogP contribution in [-0.4, -0.2) is 18.2 Å². The average Bonchev–Trinajstić information content (AvgIpc) is 2.94. The number of aliphatic hydroxyl groups is 1. The van der Waals surface area contributed by atoms with Gasteiger partial charge in [-0.15, -0.1) is 11.3 Å². The lowest BCUT2D eigenvalue weighted by atomic mass is 10.1. The molecule has 1 unspecified atom stereocenters. The molecule has 0 spiro atoms. The van der Waals surface area contributed by atoms with Crippen molar-refractivity contribution < 1.29 is 19.1 Å². The predicted octanol–water partition coefficient (Wildman–Crippen LogP) is 2.83. The maximum Gasteiger partial charge on any atom is 0.373 e. The van der Waals surface area contributed by atoms with Crippen LogP contribution in [0.25, 0.3) is 0 Å². The van der Waals surface area contributed by atoms with Crippen LogP contribution in [0.4, 0.5) is 0 Å². The van der Waals surface area contributed by atoms with Gasteiger partial charge in [0.25, 0.3) is 0 Å². The fourth-order valence-corrected chi connectivity index (χ4v) is 2.74. The first-order valence-corrected chi connectivity index (χ1v) is 6.27. The van der Waals surface area contributed by atoms with Gasteiger partial charge in [-0.05, 0) is 32.0 Å². The van der Waals surface area contributed by atoms with Crippen molar-refractivity contribution in [3.8, 4) is 0 Å². The van der Waals surface area contributed by atoms with E-state index in [1.54, 1.807) is 17.4 Å². The monoisotopic (exact) mass is 266 g/mol. The van der Waals surface area contributed by atoms with E-state index in [1.165, 1.54) is 13.2 Å². The lowest BCUT2D eigenvalue weighted by Crippen LogP contribution is -2.00. The highest BCUT2D eigenvalue weighted by Gasteiger charge is 2.20. The number of rotatable bonds is 3. The Morgan fingerprint density at radius 2 is 2.17 bits per heavy atom. The van der Waals surface area contributed by atoms with Gasteiger partial charge in [0.05, 0.1) is 7.11 Å². The third-order valence-electron chi connectivity index (χ3n) is 2.66. The van der Waals surface area contributed by atoms with Crippen molar-refractivity contribution in [1.29, 1.82) is 0 Å². The summed E-state index contributed by atoms with van der Waals surface area (Å²) in [6.07, 6.45) is -0.853. The standard InChI is InChI=1S/C13H14O4S/c1-7-6-9(8(2)18-7)12(14)10-4-5-11(17-10)13(15)16-3/h4-6,12,14H,1-3H3. The van der Waals surface area contributed by atoms with Crippen LogP contribution in [0, 0.1) is 13.8 Å². The van der Waals surface area contributed by atoms with E-state index in [0.29, 0.717) is 5.76 Å². The molecular weight excluding hydrogens is 252 g/mol. The molecule has 0 aliphatic heterocycles. The second-order valence-electron chi connectivity index (χ2n) is 3.96. The Bertz CT molecular complexity index is 567. The van der Waals surface area contributed by atoms with Crippen LogP contribution in [0.3, 0.4) is 0 Å². The number of ether oxygens (including phenoxy) is 1. The van der Waals surface area contributed by atoms with Crippen LogP contribution in [0.15, 0.2) is 22.6 Å². The molecule has 0 saturated carbocycles. The normalized spacial score (nSPS) is 12.4. The maximum absolute atomic E-state index is 11.3. The first-order chi connectivity index (χ1) is 8.52. The fourth-order valence-electron chi connectivity index (χ4n) is 1.79.